The van der Waals surface area contributed by atoms with Crippen LogP contribution in [-0.2, 0) is 42.9 Å². The first-order valence-corrected chi connectivity index (χ1v) is 11.7. The van der Waals surface area contributed by atoms with Gasteiger partial charge in [-0.3, -0.25) is 24.0 Å². The minimum Gasteiger partial charge on any atom is -0.462 e. The molecule has 0 aliphatic heterocycles. The van der Waals surface area contributed by atoms with Gasteiger partial charge >= 0.3 is 23.9 Å². The number of rotatable bonds is 10. The Bertz CT molecular complexity index is 1260. The highest BCUT2D eigenvalue weighted by molar-refractivity contribution is 6.31. The van der Waals surface area contributed by atoms with Gasteiger partial charge < -0.3 is 18.9 Å². The molecular formula is C25H28ClN3O9. The number of amides is 1. The first-order chi connectivity index (χ1) is 17.8. The molecule has 0 aliphatic carbocycles. The molecule has 1 aromatic heterocycles. The molecule has 1 heterocycles. The van der Waals surface area contributed by atoms with Crippen molar-refractivity contribution in [3.8, 4) is 0 Å². The molecule has 0 N–H and O–H groups in total. The molecule has 204 valence electrons. The highest BCUT2D eigenvalue weighted by atomic mass is 35.5. The van der Waals surface area contributed by atoms with Crippen LogP contribution in [0.1, 0.15) is 40.2 Å². The molecule has 0 unspecified atom stereocenters. The Morgan fingerprint density at radius 2 is 1.58 bits per heavy atom. The average Bonchev–Trinajstić information content (AvgIpc) is 2.78. The van der Waals surface area contributed by atoms with Gasteiger partial charge in [0.25, 0.3) is 0 Å². The number of hydrazone groups is 1. The lowest BCUT2D eigenvalue weighted by atomic mass is 10.1. The van der Waals surface area contributed by atoms with Crippen LogP contribution in [0.3, 0.4) is 0 Å². The Labute approximate surface area is 223 Å². The van der Waals surface area contributed by atoms with Gasteiger partial charge in [-0.1, -0.05) is 17.7 Å². The molecular weight excluding hydrogens is 522 g/mol. The van der Waals surface area contributed by atoms with Crippen LogP contribution >= 0.6 is 11.6 Å². The summed E-state index contributed by atoms with van der Waals surface area (Å²) < 4.78 is 20.7. The smallest absolute Gasteiger partial charge is 0.303 e. The van der Waals surface area contributed by atoms with Crippen LogP contribution in [0.5, 0.6) is 0 Å². The average molecular weight is 550 g/mol. The summed E-state index contributed by atoms with van der Waals surface area (Å²) in [7, 11) is 0. The summed E-state index contributed by atoms with van der Waals surface area (Å²) in [5.41, 5.74) is 1.30. The lowest BCUT2D eigenvalue weighted by molar-refractivity contribution is -0.183. The number of carbonyl (C=O) groups excluding carboxylic acids is 5. The summed E-state index contributed by atoms with van der Waals surface area (Å²) in [5, 5.41) is 6.35. The molecule has 0 spiro atoms. The standard InChI is InChI=1S/C25H28ClN3O9/c1-13-9-24(28-21-10-19(26)7-8-20(13)21)29(14(2)30)27-11-22(36-16(4)32)25(38-18(6)34)23(37-17(5)33)12-35-15(3)31/h7-11,22-23,25H,12H2,1-6H3/b27-11+/t22-,23-,25+/m1/s1. The number of carbonyl (C=O) groups is 5. The van der Waals surface area contributed by atoms with Gasteiger partial charge in [0.15, 0.2) is 24.1 Å². The van der Waals surface area contributed by atoms with E-state index < -0.39 is 54.7 Å². The van der Waals surface area contributed by atoms with Crippen molar-refractivity contribution < 1.29 is 42.9 Å². The number of aryl methyl sites for hydroxylation is 1. The predicted molar refractivity (Wildman–Crippen MR) is 136 cm³/mol. The maximum Gasteiger partial charge on any atom is 0.303 e. The first kappa shape index (κ1) is 30.2. The molecule has 2 rings (SSSR count). The van der Waals surface area contributed by atoms with Crippen LogP contribution in [0.15, 0.2) is 29.4 Å². The summed E-state index contributed by atoms with van der Waals surface area (Å²) >= 11 is 6.10. The van der Waals surface area contributed by atoms with Crippen LogP contribution in [0.25, 0.3) is 10.9 Å². The van der Waals surface area contributed by atoms with Crippen molar-refractivity contribution in [3.63, 3.8) is 0 Å². The second-order valence-electron chi connectivity index (χ2n) is 8.15. The topological polar surface area (TPSA) is 151 Å². The number of aromatic nitrogens is 1. The number of nitrogens with zero attached hydrogens (tertiary/aromatic N) is 3. The monoisotopic (exact) mass is 549 g/mol. The number of pyridine rings is 1. The van der Waals surface area contributed by atoms with Gasteiger partial charge in [-0.25, -0.2) is 4.98 Å². The van der Waals surface area contributed by atoms with E-state index in [2.05, 4.69) is 10.1 Å². The van der Waals surface area contributed by atoms with Gasteiger partial charge in [0.1, 0.15) is 6.61 Å². The molecule has 13 heteroatoms. The molecule has 12 nitrogen and oxygen atoms in total. The van der Waals surface area contributed by atoms with E-state index in [9.17, 15) is 24.0 Å². The molecule has 0 saturated heterocycles. The largest absolute Gasteiger partial charge is 0.462 e. The molecule has 1 aromatic carbocycles. The van der Waals surface area contributed by atoms with Gasteiger partial charge in [0.2, 0.25) is 5.91 Å². The second kappa shape index (κ2) is 13.5. The molecule has 0 bridgehead atoms. The van der Waals surface area contributed by atoms with Crippen molar-refractivity contribution >= 4 is 64.3 Å². The maximum absolute atomic E-state index is 12.5. The lowest BCUT2D eigenvalue weighted by Crippen LogP contribution is -2.48. The highest BCUT2D eigenvalue weighted by Crippen LogP contribution is 2.25. The van der Waals surface area contributed by atoms with Crippen LogP contribution in [0, 0.1) is 6.92 Å². The van der Waals surface area contributed by atoms with E-state index >= 15 is 0 Å². The Balaban J connectivity index is 2.55. The van der Waals surface area contributed by atoms with Crippen LogP contribution in [-0.4, -0.2) is 65.9 Å². The Hall–Kier alpha value is -4.06. The fraction of sp³-hybridized carbons (Fsp3) is 0.400. The zero-order valence-corrected chi connectivity index (χ0v) is 22.5. The lowest BCUT2D eigenvalue weighted by Gasteiger charge is -2.30. The van der Waals surface area contributed by atoms with Gasteiger partial charge in [0, 0.05) is 45.0 Å². The third kappa shape index (κ3) is 8.80. The van der Waals surface area contributed by atoms with Crippen molar-refractivity contribution in [1.29, 1.82) is 0 Å². The number of benzene rings is 1. The number of esters is 4. The van der Waals surface area contributed by atoms with Crippen molar-refractivity contribution in [2.75, 3.05) is 11.6 Å². The number of fused-ring (bicyclic) bond motifs is 1. The Kier molecular flexibility index (Phi) is 10.7. The van der Waals surface area contributed by atoms with E-state index in [1.165, 1.54) is 6.92 Å². The summed E-state index contributed by atoms with van der Waals surface area (Å²) in [6, 6.07) is 6.77. The molecule has 2 aromatic rings. The fourth-order valence-corrected chi connectivity index (χ4v) is 3.60. The van der Waals surface area contributed by atoms with Gasteiger partial charge in [-0.2, -0.15) is 10.1 Å². The van der Waals surface area contributed by atoms with Crippen LogP contribution < -0.4 is 5.01 Å². The third-order valence-corrected chi connectivity index (χ3v) is 5.11. The quantitative estimate of drug-likeness (QED) is 0.187. The highest BCUT2D eigenvalue weighted by Gasteiger charge is 2.37. The van der Waals surface area contributed by atoms with E-state index in [0.29, 0.717) is 10.5 Å². The number of hydrogen-bond acceptors (Lipinski definition) is 11. The molecule has 38 heavy (non-hydrogen) atoms. The number of hydrogen-bond donors (Lipinski definition) is 0. The summed E-state index contributed by atoms with van der Waals surface area (Å²) in [5.74, 6) is -3.48. The van der Waals surface area contributed by atoms with E-state index in [4.69, 9.17) is 30.5 Å². The zero-order chi connectivity index (χ0) is 28.6. The third-order valence-electron chi connectivity index (χ3n) is 4.87. The second-order valence-corrected chi connectivity index (χ2v) is 8.59. The molecule has 0 fully saturated rings. The summed E-state index contributed by atoms with van der Waals surface area (Å²) in [6.45, 7) is 6.95. The van der Waals surface area contributed by atoms with Gasteiger partial charge in [-0.15, -0.1) is 0 Å². The van der Waals surface area contributed by atoms with Crippen molar-refractivity contribution in [2.24, 2.45) is 5.10 Å². The fourth-order valence-electron chi connectivity index (χ4n) is 3.43. The Morgan fingerprint density at radius 3 is 2.13 bits per heavy atom. The number of ether oxygens (including phenoxy) is 4. The molecule has 1 amide bonds. The van der Waals surface area contributed by atoms with E-state index in [1.807, 2.05) is 6.92 Å². The minimum atomic E-state index is -1.48. The summed E-state index contributed by atoms with van der Waals surface area (Å²) in [4.78, 5) is 63.9. The normalized spacial score (nSPS) is 13.3. The van der Waals surface area contributed by atoms with Gasteiger partial charge in [-0.05, 0) is 30.7 Å². The van der Waals surface area contributed by atoms with E-state index in [0.717, 1.165) is 49.9 Å². The molecule has 0 saturated carbocycles. The Morgan fingerprint density at radius 1 is 0.947 bits per heavy atom. The van der Waals surface area contributed by atoms with Crippen LogP contribution in [0.4, 0.5) is 5.82 Å². The van der Waals surface area contributed by atoms with E-state index in [1.54, 1.807) is 24.3 Å². The van der Waals surface area contributed by atoms with Crippen molar-refractivity contribution in [2.45, 2.75) is 59.9 Å². The minimum absolute atomic E-state index is 0.142. The van der Waals surface area contributed by atoms with E-state index in [-0.39, 0.29) is 5.82 Å². The van der Waals surface area contributed by atoms with Crippen molar-refractivity contribution in [1.82, 2.24) is 4.98 Å². The molecule has 0 radical (unpaired) electrons. The molecule has 3 atom stereocenters. The SMILES string of the molecule is CC(=O)OC[C@@H](OC(C)=O)[C@@H](OC(C)=O)[C@@H](/C=N/N(C(C)=O)c1cc(C)c2ccc(Cl)cc2n1)OC(C)=O. The predicted octanol–water partition coefficient (Wildman–Crippen LogP) is 2.89. The molecule has 0 aliphatic rings. The van der Waals surface area contributed by atoms with Crippen molar-refractivity contribution in [3.05, 3.63) is 34.9 Å². The maximum atomic E-state index is 12.5. The summed E-state index contributed by atoms with van der Waals surface area (Å²) in [6.07, 6.45) is -3.29. The van der Waals surface area contributed by atoms with Crippen LogP contribution in [0.2, 0.25) is 5.02 Å². The number of anilines is 1. The first-order valence-electron chi connectivity index (χ1n) is 11.3. The number of halogens is 1. The van der Waals surface area contributed by atoms with Gasteiger partial charge in [0.05, 0.1) is 11.7 Å². The zero-order valence-electron chi connectivity index (χ0n) is 21.7.